The molecule has 0 bridgehead atoms. The van der Waals surface area contributed by atoms with Crippen LogP contribution in [0, 0.1) is 5.92 Å². The minimum Gasteiger partial charge on any atom is -0.387 e. The molecule has 0 aromatic carbocycles. The third-order valence-corrected chi connectivity index (χ3v) is 6.35. The van der Waals surface area contributed by atoms with Gasteiger partial charge in [0, 0.05) is 15.7 Å². The third kappa shape index (κ3) is 2.81. The molecule has 0 spiro atoms. The Hall–Kier alpha value is -0.720. The molecule has 1 fully saturated rings. The molecule has 21 heavy (non-hydrogen) atoms. The number of thiophene rings is 2. The number of likely N-dealkylation sites (tertiary alicyclic amines) is 1. The fourth-order valence-corrected chi connectivity index (χ4v) is 5.44. The second-order valence-electron chi connectivity index (χ2n) is 6.61. The van der Waals surface area contributed by atoms with Crippen molar-refractivity contribution in [3.63, 3.8) is 0 Å². The molecule has 2 unspecified atom stereocenters. The van der Waals surface area contributed by atoms with Crippen LogP contribution < -0.4 is 0 Å². The van der Waals surface area contributed by atoms with Gasteiger partial charge in [0.2, 0.25) is 0 Å². The highest BCUT2D eigenvalue weighted by molar-refractivity contribution is 7.11. The maximum absolute atomic E-state index is 11.6. The summed E-state index contributed by atoms with van der Waals surface area (Å²) in [6.45, 7) is 1.62. The van der Waals surface area contributed by atoms with Gasteiger partial charge in [-0.1, -0.05) is 12.1 Å². The first-order valence-electron chi connectivity index (χ1n) is 7.22. The number of rotatable bonds is 3. The van der Waals surface area contributed by atoms with Crippen molar-refractivity contribution >= 4 is 22.7 Å². The van der Waals surface area contributed by atoms with Crippen LogP contribution in [0.25, 0.3) is 0 Å². The van der Waals surface area contributed by atoms with E-state index < -0.39 is 5.60 Å². The second-order valence-corrected chi connectivity index (χ2v) is 8.50. The van der Waals surface area contributed by atoms with Crippen molar-refractivity contribution in [1.29, 1.82) is 0 Å². The van der Waals surface area contributed by atoms with Crippen LogP contribution in [0.3, 0.4) is 0 Å². The van der Waals surface area contributed by atoms with Gasteiger partial charge in [-0.2, -0.15) is 0 Å². The molecule has 2 atom stereocenters. The van der Waals surface area contributed by atoms with Gasteiger partial charge in [-0.3, -0.25) is 0 Å². The van der Waals surface area contributed by atoms with Crippen LogP contribution in [0.5, 0.6) is 0 Å². The van der Waals surface area contributed by atoms with Crippen LogP contribution in [0.2, 0.25) is 0 Å². The normalized spacial score (nSPS) is 25.9. The summed E-state index contributed by atoms with van der Waals surface area (Å²) in [4.78, 5) is 1.95. The number of aliphatic hydroxyl groups excluding tert-OH is 1. The Labute approximate surface area is 133 Å². The Kier molecular flexibility index (Phi) is 3.96. The third-order valence-electron chi connectivity index (χ3n) is 4.36. The lowest BCUT2D eigenvalue weighted by Gasteiger charge is -2.45. The fourth-order valence-electron chi connectivity index (χ4n) is 3.54. The summed E-state index contributed by atoms with van der Waals surface area (Å²) in [7, 11) is 4.25. The quantitative estimate of drug-likeness (QED) is 0.852. The average molecular weight is 324 g/mol. The standard InChI is InChI=1S/C16H22NO2S2/c1-17(2)10-12(9-13(18)11-17)16(19,14-5-3-7-20-14)15-6-4-8-21-15/h3-8,12-13,18-19H,9-11H2,1-2H3/q+1. The van der Waals surface area contributed by atoms with E-state index in [9.17, 15) is 10.2 Å². The number of likely N-dealkylation sites (N-methyl/N-ethyl adjacent to an activating group) is 1. The Morgan fingerprint density at radius 1 is 1.10 bits per heavy atom. The maximum atomic E-state index is 11.6. The smallest absolute Gasteiger partial charge is 0.141 e. The number of hydrogen-bond donors (Lipinski definition) is 2. The lowest BCUT2D eigenvalue weighted by molar-refractivity contribution is -0.903. The predicted octanol–water partition coefficient (Wildman–Crippen LogP) is 2.50. The molecule has 2 aromatic rings. The van der Waals surface area contributed by atoms with Crippen molar-refractivity contribution in [2.24, 2.45) is 5.92 Å². The first-order chi connectivity index (χ1) is 9.92. The molecule has 3 heterocycles. The summed E-state index contributed by atoms with van der Waals surface area (Å²) in [6.07, 6.45) is 0.291. The number of nitrogens with zero attached hydrogens (tertiary/aromatic N) is 1. The molecule has 2 aromatic heterocycles. The van der Waals surface area contributed by atoms with Crippen LogP contribution in [-0.2, 0) is 5.60 Å². The topological polar surface area (TPSA) is 40.5 Å². The van der Waals surface area contributed by atoms with Crippen molar-refractivity contribution in [1.82, 2.24) is 0 Å². The molecule has 0 aliphatic carbocycles. The van der Waals surface area contributed by atoms with Crippen LogP contribution in [0.4, 0.5) is 0 Å². The zero-order valence-corrected chi connectivity index (χ0v) is 14.0. The molecule has 1 aliphatic rings. The number of hydrogen-bond acceptors (Lipinski definition) is 4. The summed E-state index contributed by atoms with van der Waals surface area (Å²) in [5.41, 5.74) is -0.987. The molecule has 1 aliphatic heterocycles. The highest BCUT2D eigenvalue weighted by atomic mass is 32.1. The Morgan fingerprint density at radius 2 is 1.67 bits per heavy atom. The summed E-state index contributed by atoms with van der Waals surface area (Å²) >= 11 is 3.18. The van der Waals surface area contributed by atoms with Gasteiger partial charge in [-0.15, -0.1) is 22.7 Å². The second kappa shape index (κ2) is 5.48. The molecule has 2 N–H and O–H groups in total. The summed E-state index contributed by atoms with van der Waals surface area (Å²) in [6, 6.07) is 7.98. The van der Waals surface area contributed by atoms with Crippen LogP contribution in [0.1, 0.15) is 16.2 Å². The molecule has 3 rings (SSSR count). The zero-order valence-electron chi connectivity index (χ0n) is 12.4. The van der Waals surface area contributed by atoms with Gasteiger partial charge >= 0.3 is 0 Å². The van der Waals surface area contributed by atoms with E-state index in [1.54, 1.807) is 22.7 Å². The molecular formula is C16H22NO2S2+. The molecular weight excluding hydrogens is 302 g/mol. The highest BCUT2D eigenvalue weighted by Crippen LogP contribution is 2.45. The minimum atomic E-state index is -0.987. The van der Waals surface area contributed by atoms with Crippen molar-refractivity contribution in [3.8, 4) is 0 Å². The molecule has 1 saturated heterocycles. The number of piperidine rings is 1. The van der Waals surface area contributed by atoms with Crippen LogP contribution in [0.15, 0.2) is 35.0 Å². The Morgan fingerprint density at radius 3 is 2.10 bits per heavy atom. The molecule has 0 amide bonds. The van der Waals surface area contributed by atoms with E-state index >= 15 is 0 Å². The SMILES string of the molecule is C[N+]1(C)CC(O)CC(C(O)(c2cccs2)c2cccs2)C1. The van der Waals surface area contributed by atoms with Gasteiger partial charge in [0.1, 0.15) is 18.2 Å². The minimum absolute atomic E-state index is 0.0218. The molecule has 114 valence electrons. The maximum Gasteiger partial charge on any atom is 0.141 e. The van der Waals surface area contributed by atoms with Crippen LogP contribution >= 0.6 is 22.7 Å². The van der Waals surface area contributed by atoms with Crippen molar-refractivity contribution in [2.45, 2.75) is 18.1 Å². The van der Waals surface area contributed by atoms with Gasteiger partial charge in [0.15, 0.2) is 0 Å². The van der Waals surface area contributed by atoms with E-state index in [1.807, 2.05) is 35.0 Å². The Balaban J connectivity index is 2.04. The van der Waals surface area contributed by atoms with E-state index in [2.05, 4.69) is 14.1 Å². The number of aliphatic hydroxyl groups is 2. The van der Waals surface area contributed by atoms with Crippen molar-refractivity contribution in [2.75, 3.05) is 27.2 Å². The molecule has 3 nitrogen and oxygen atoms in total. The van der Waals surface area contributed by atoms with Crippen LogP contribution in [-0.4, -0.2) is 48.0 Å². The lowest BCUT2D eigenvalue weighted by atomic mass is 9.78. The van der Waals surface area contributed by atoms with E-state index in [1.165, 1.54) is 0 Å². The monoisotopic (exact) mass is 324 g/mol. The largest absolute Gasteiger partial charge is 0.387 e. The van der Waals surface area contributed by atoms with Gasteiger partial charge in [-0.25, -0.2) is 0 Å². The molecule has 5 heteroatoms. The lowest BCUT2D eigenvalue weighted by Crippen LogP contribution is -2.57. The fraction of sp³-hybridized carbons (Fsp3) is 0.500. The van der Waals surface area contributed by atoms with Gasteiger partial charge in [0.25, 0.3) is 0 Å². The zero-order chi connectivity index (χ0) is 15.1. The molecule has 0 radical (unpaired) electrons. The molecule has 0 saturated carbocycles. The van der Waals surface area contributed by atoms with Crippen molar-refractivity contribution < 1.29 is 14.7 Å². The first-order valence-corrected chi connectivity index (χ1v) is 8.98. The average Bonchev–Trinajstić information content (AvgIpc) is 3.09. The van der Waals surface area contributed by atoms with Gasteiger partial charge in [0.05, 0.1) is 20.6 Å². The van der Waals surface area contributed by atoms with E-state index in [-0.39, 0.29) is 12.0 Å². The predicted molar refractivity (Wildman–Crippen MR) is 87.6 cm³/mol. The first kappa shape index (κ1) is 15.2. The van der Waals surface area contributed by atoms with E-state index in [0.29, 0.717) is 6.42 Å². The summed E-state index contributed by atoms with van der Waals surface area (Å²) in [5.74, 6) is 0.0218. The van der Waals surface area contributed by atoms with Gasteiger partial charge in [-0.05, 0) is 29.3 Å². The highest BCUT2D eigenvalue weighted by Gasteiger charge is 2.48. The summed E-state index contributed by atoms with van der Waals surface area (Å²) < 4.78 is 0.741. The number of quaternary nitrogens is 1. The van der Waals surface area contributed by atoms with Gasteiger partial charge < -0.3 is 14.7 Å². The summed E-state index contributed by atoms with van der Waals surface area (Å²) in [5, 5.41) is 25.9. The van der Waals surface area contributed by atoms with E-state index in [4.69, 9.17) is 0 Å². The Bertz CT molecular complexity index is 543. The van der Waals surface area contributed by atoms with Crippen molar-refractivity contribution in [3.05, 3.63) is 44.8 Å². The van der Waals surface area contributed by atoms with E-state index in [0.717, 1.165) is 27.3 Å².